The molecule has 0 aliphatic heterocycles. The number of fused-ring (bicyclic) bond motifs is 1. The second-order valence-electron chi connectivity index (χ2n) is 4.31. The van der Waals surface area contributed by atoms with Crippen LogP contribution in [0.15, 0.2) is 29.0 Å². The summed E-state index contributed by atoms with van der Waals surface area (Å²) in [6.45, 7) is 1.85. The number of carbonyl (C=O) groups excluding carboxylic acids is 1. The zero-order valence-electron chi connectivity index (χ0n) is 10.8. The lowest BCUT2D eigenvalue weighted by atomic mass is 10.1. The maximum atomic E-state index is 12.3. The number of aromatic nitrogens is 4. The topological polar surface area (TPSA) is 83.6 Å². The second-order valence-corrected chi connectivity index (χ2v) is 5.52. The molecule has 0 bridgehead atoms. The van der Waals surface area contributed by atoms with Crippen LogP contribution in [-0.2, 0) is 0 Å². The van der Waals surface area contributed by atoms with Crippen LogP contribution in [0.4, 0.5) is 5.95 Å². The quantitative estimate of drug-likeness (QED) is 0.681. The Balaban J connectivity index is 1.94. The number of amides is 1. The monoisotopic (exact) mass is 365 g/mol. The molecule has 3 rings (SSSR count). The molecule has 0 fully saturated rings. The first-order valence-corrected chi connectivity index (χ1v) is 7.16. The van der Waals surface area contributed by atoms with E-state index in [1.807, 2.05) is 13.0 Å². The highest BCUT2D eigenvalue weighted by molar-refractivity contribution is 9.10. The van der Waals surface area contributed by atoms with Gasteiger partial charge in [0, 0.05) is 10.0 Å². The predicted octanol–water partition coefficient (Wildman–Crippen LogP) is 3.33. The Morgan fingerprint density at radius 1 is 1.38 bits per heavy atom. The second kappa shape index (κ2) is 5.42. The van der Waals surface area contributed by atoms with E-state index in [1.165, 1.54) is 6.33 Å². The molecular weight excluding hydrogens is 358 g/mol. The molecule has 8 heteroatoms. The molecule has 106 valence electrons. The Morgan fingerprint density at radius 2 is 2.19 bits per heavy atom. The third-order valence-electron chi connectivity index (χ3n) is 2.98. The highest BCUT2D eigenvalue weighted by Gasteiger charge is 2.14. The van der Waals surface area contributed by atoms with Crippen molar-refractivity contribution in [3.63, 3.8) is 0 Å². The Bertz CT molecular complexity index is 848. The summed E-state index contributed by atoms with van der Waals surface area (Å²) in [5, 5.41) is 2.84. The molecule has 0 spiro atoms. The molecule has 0 saturated heterocycles. The summed E-state index contributed by atoms with van der Waals surface area (Å²) >= 11 is 9.40. The summed E-state index contributed by atoms with van der Waals surface area (Å²) in [6, 6.07) is 5.39. The first-order chi connectivity index (χ1) is 10.1. The number of carbonyl (C=O) groups is 1. The summed E-state index contributed by atoms with van der Waals surface area (Å²) in [6.07, 6.45) is 1.47. The number of hydrogen-bond donors (Lipinski definition) is 2. The number of aromatic amines is 1. The van der Waals surface area contributed by atoms with Gasteiger partial charge in [0.05, 0.1) is 6.33 Å². The van der Waals surface area contributed by atoms with Crippen LogP contribution in [0.25, 0.3) is 11.2 Å². The van der Waals surface area contributed by atoms with Gasteiger partial charge < -0.3 is 4.98 Å². The Hall–Kier alpha value is -1.99. The molecule has 2 aromatic heterocycles. The third kappa shape index (κ3) is 2.62. The summed E-state index contributed by atoms with van der Waals surface area (Å²) in [5.41, 5.74) is 2.30. The van der Waals surface area contributed by atoms with E-state index in [-0.39, 0.29) is 17.0 Å². The number of anilines is 1. The zero-order chi connectivity index (χ0) is 15.0. The number of halogens is 2. The first kappa shape index (κ1) is 14.0. The van der Waals surface area contributed by atoms with Crippen molar-refractivity contribution in [2.24, 2.45) is 0 Å². The molecule has 0 radical (unpaired) electrons. The van der Waals surface area contributed by atoms with E-state index in [1.54, 1.807) is 12.1 Å². The minimum Gasteiger partial charge on any atom is -0.341 e. The van der Waals surface area contributed by atoms with E-state index in [2.05, 4.69) is 41.2 Å². The molecule has 1 aromatic carbocycles. The average Bonchev–Trinajstić information content (AvgIpc) is 2.90. The Labute approximate surface area is 133 Å². The fraction of sp³-hybridized carbons (Fsp3) is 0.0769. The summed E-state index contributed by atoms with van der Waals surface area (Å²) in [4.78, 5) is 27.3. The van der Waals surface area contributed by atoms with E-state index in [9.17, 15) is 4.79 Å². The lowest BCUT2D eigenvalue weighted by Gasteiger charge is -2.08. The van der Waals surface area contributed by atoms with E-state index >= 15 is 0 Å². The van der Waals surface area contributed by atoms with Crippen molar-refractivity contribution < 1.29 is 4.79 Å². The lowest BCUT2D eigenvalue weighted by molar-refractivity contribution is 0.102. The predicted molar refractivity (Wildman–Crippen MR) is 83.5 cm³/mol. The van der Waals surface area contributed by atoms with Crippen LogP contribution in [0.2, 0.25) is 5.15 Å². The fourth-order valence-corrected chi connectivity index (χ4v) is 2.46. The van der Waals surface area contributed by atoms with Gasteiger partial charge in [0.2, 0.25) is 5.95 Å². The minimum absolute atomic E-state index is 0.115. The van der Waals surface area contributed by atoms with E-state index in [4.69, 9.17) is 11.6 Å². The Kier molecular flexibility index (Phi) is 3.60. The van der Waals surface area contributed by atoms with Crippen LogP contribution < -0.4 is 5.32 Å². The van der Waals surface area contributed by atoms with Crippen LogP contribution in [0.1, 0.15) is 15.9 Å². The number of H-pyrrole nitrogens is 1. The SMILES string of the molecule is Cc1c(Br)cccc1C(=O)Nc1nc(Cl)c2[nH]cnc2n1. The summed E-state index contributed by atoms with van der Waals surface area (Å²) < 4.78 is 0.858. The number of nitrogens with one attached hydrogen (secondary N) is 2. The number of rotatable bonds is 2. The van der Waals surface area contributed by atoms with E-state index in [0.29, 0.717) is 16.7 Å². The average molecular weight is 367 g/mol. The number of benzene rings is 1. The molecule has 0 saturated carbocycles. The molecule has 6 nitrogen and oxygen atoms in total. The van der Waals surface area contributed by atoms with Crippen molar-refractivity contribution in [2.45, 2.75) is 6.92 Å². The van der Waals surface area contributed by atoms with Crippen molar-refractivity contribution in [3.8, 4) is 0 Å². The van der Waals surface area contributed by atoms with Crippen molar-refractivity contribution in [3.05, 3.63) is 45.3 Å². The highest BCUT2D eigenvalue weighted by atomic mass is 79.9. The van der Waals surface area contributed by atoms with Gasteiger partial charge in [0.25, 0.3) is 5.91 Å². The van der Waals surface area contributed by atoms with Crippen LogP contribution in [0.3, 0.4) is 0 Å². The summed E-state index contributed by atoms with van der Waals surface area (Å²) in [7, 11) is 0. The van der Waals surface area contributed by atoms with Crippen LogP contribution in [0, 0.1) is 6.92 Å². The molecular formula is C13H9BrClN5O. The first-order valence-electron chi connectivity index (χ1n) is 5.99. The maximum Gasteiger partial charge on any atom is 0.258 e. The molecule has 1 amide bonds. The Morgan fingerprint density at radius 3 is 3.00 bits per heavy atom. The van der Waals surface area contributed by atoms with Gasteiger partial charge in [-0.3, -0.25) is 10.1 Å². The third-order valence-corrected chi connectivity index (χ3v) is 4.11. The van der Waals surface area contributed by atoms with Gasteiger partial charge in [-0.05, 0) is 24.6 Å². The van der Waals surface area contributed by atoms with Crippen LogP contribution >= 0.6 is 27.5 Å². The van der Waals surface area contributed by atoms with Gasteiger partial charge in [-0.1, -0.05) is 33.6 Å². The van der Waals surface area contributed by atoms with Crippen LogP contribution in [0.5, 0.6) is 0 Å². The molecule has 0 atom stereocenters. The minimum atomic E-state index is -0.306. The van der Waals surface area contributed by atoms with Gasteiger partial charge in [-0.15, -0.1) is 0 Å². The zero-order valence-corrected chi connectivity index (χ0v) is 13.2. The van der Waals surface area contributed by atoms with Gasteiger partial charge in [0.1, 0.15) is 5.52 Å². The highest BCUT2D eigenvalue weighted by Crippen LogP contribution is 2.21. The fourth-order valence-electron chi connectivity index (χ4n) is 1.88. The van der Waals surface area contributed by atoms with Gasteiger partial charge in [-0.2, -0.15) is 9.97 Å². The molecule has 0 aliphatic rings. The van der Waals surface area contributed by atoms with Crippen molar-refractivity contribution >= 4 is 50.6 Å². The molecule has 0 unspecified atom stereocenters. The van der Waals surface area contributed by atoms with Gasteiger partial charge in [-0.25, -0.2) is 4.98 Å². The normalized spacial score (nSPS) is 10.8. The van der Waals surface area contributed by atoms with Crippen molar-refractivity contribution in [1.82, 2.24) is 19.9 Å². The number of imidazole rings is 1. The lowest BCUT2D eigenvalue weighted by Crippen LogP contribution is -2.15. The smallest absolute Gasteiger partial charge is 0.258 e. The van der Waals surface area contributed by atoms with Crippen molar-refractivity contribution in [1.29, 1.82) is 0 Å². The molecule has 21 heavy (non-hydrogen) atoms. The number of hydrogen-bond acceptors (Lipinski definition) is 4. The largest absolute Gasteiger partial charge is 0.341 e. The number of nitrogens with zero attached hydrogens (tertiary/aromatic N) is 3. The molecule has 2 heterocycles. The standard InChI is InChI=1S/C13H9BrClN5O/c1-6-7(3-2-4-8(6)14)12(21)20-13-18-10(15)9-11(19-13)17-5-16-9/h2-5H,1H3,(H2,16,17,18,19,20,21). The van der Waals surface area contributed by atoms with Crippen LogP contribution in [-0.4, -0.2) is 25.8 Å². The molecule has 0 aliphatic carbocycles. The maximum absolute atomic E-state index is 12.3. The van der Waals surface area contributed by atoms with E-state index in [0.717, 1.165) is 10.0 Å². The molecule has 3 aromatic rings. The van der Waals surface area contributed by atoms with Gasteiger partial charge in [0.15, 0.2) is 10.8 Å². The van der Waals surface area contributed by atoms with Gasteiger partial charge >= 0.3 is 0 Å². The van der Waals surface area contributed by atoms with Crippen molar-refractivity contribution in [2.75, 3.05) is 5.32 Å². The molecule has 2 N–H and O–H groups in total. The summed E-state index contributed by atoms with van der Waals surface area (Å²) in [5.74, 6) is -0.191. The van der Waals surface area contributed by atoms with E-state index < -0.39 is 0 Å².